The van der Waals surface area contributed by atoms with E-state index in [0.717, 1.165) is 19.6 Å². The van der Waals surface area contributed by atoms with Gasteiger partial charge in [0.15, 0.2) is 0 Å². The fourth-order valence-electron chi connectivity index (χ4n) is 2.95. The molecule has 0 radical (unpaired) electrons. The van der Waals surface area contributed by atoms with Gasteiger partial charge in [-0.2, -0.15) is 0 Å². The molecule has 3 nitrogen and oxygen atoms in total. The molecule has 2 aromatic rings. The van der Waals surface area contributed by atoms with Gasteiger partial charge in [-0.3, -0.25) is 4.90 Å². The highest BCUT2D eigenvalue weighted by molar-refractivity contribution is 5.84. The fraction of sp³-hybridized carbons (Fsp3) is 0.500. The lowest BCUT2D eigenvalue weighted by molar-refractivity contribution is 0.138. The van der Waals surface area contributed by atoms with E-state index >= 15 is 0 Å². The number of hydrogen-bond acceptors (Lipinski definition) is 2. The molecular weight excluding hydrogens is 234 g/mol. The van der Waals surface area contributed by atoms with Gasteiger partial charge in [-0.15, -0.1) is 0 Å². The summed E-state index contributed by atoms with van der Waals surface area (Å²) < 4.78 is 0. The van der Waals surface area contributed by atoms with Crippen LogP contribution in [0.1, 0.15) is 24.6 Å². The fourth-order valence-corrected chi connectivity index (χ4v) is 2.95. The zero-order valence-electron chi connectivity index (χ0n) is 11.9. The Kier molecular flexibility index (Phi) is 3.58. The predicted octanol–water partition coefficient (Wildman–Crippen LogP) is 2.66. The molecule has 102 valence electrons. The van der Waals surface area contributed by atoms with Gasteiger partial charge in [-0.25, -0.2) is 0 Å². The second-order valence-electron chi connectivity index (χ2n) is 5.56. The summed E-state index contributed by atoms with van der Waals surface area (Å²) >= 11 is 0. The number of nitrogens with one attached hydrogen (secondary N) is 2. The van der Waals surface area contributed by atoms with Gasteiger partial charge in [0.1, 0.15) is 0 Å². The van der Waals surface area contributed by atoms with Crippen LogP contribution in [0.15, 0.2) is 24.3 Å². The monoisotopic (exact) mass is 257 g/mol. The van der Waals surface area contributed by atoms with Crippen LogP contribution in [0.2, 0.25) is 0 Å². The molecule has 19 heavy (non-hydrogen) atoms. The molecule has 1 aliphatic heterocycles. The van der Waals surface area contributed by atoms with Crippen LogP contribution < -0.4 is 5.32 Å². The van der Waals surface area contributed by atoms with Crippen LogP contribution in [-0.4, -0.2) is 35.6 Å². The molecular formula is C16H23N3. The van der Waals surface area contributed by atoms with E-state index < -0.39 is 0 Å². The third-order valence-corrected chi connectivity index (χ3v) is 4.18. The summed E-state index contributed by atoms with van der Waals surface area (Å²) in [4.78, 5) is 6.13. The third-order valence-electron chi connectivity index (χ3n) is 4.18. The van der Waals surface area contributed by atoms with Crippen molar-refractivity contribution in [3.8, 4) is 0 Å². The Morgan fingerprint density at radius 1 is 1.26 bits per heavy atom. The van der Waals surface area contributed by atoms with Crippen LogP contribution in [-0.2, 0) is 6.54 Å². The minimum Gasteiger partial charge on any atom is -0.358 e. The standard InChI is InChI=1S/C16H23N3/c1-3-8-19(13-9-17-10-13)11-15-12(2)18-16-7-5-4-6-14(15)16/h4-7,13,17-18H,3,8-11H2,1-2H3. The number of benzene rings is 1. The molecule has 0 atom stereocenters. The summed E-state index contributed by atoms with van der Waals surface area (Å²) in [7, 11) is 0. The van der Waals surface area contributed by atoms with Gasteiger partial charge in [0.2, 0.25) is 0 Å². The van der Waals surface area contributed by atoms with Gasteiger partial charge in [-0.05, 0) is 31.5 Å². The van der Waals surface area contributed by atoms with Crippen molar-refractivity contribution in [1.82, 2.24) is 15.2 Å². The summed E-state index contributed by atoms with van der Waals surface area (Å²) in [6.45, 7) is 8.99. The molecule has 1 aromatic heterocycles. The number of aryl methyl sites for hydroxylation is 1. The lowest BCUT2D eigenvalue weighted by Gasteiger charge is -2.38. The normalized spacial score (nSPS) is 16.2. The third kappa shape index (κ3) is 2.40. The minimum atomic E-state index is 0.716. The Labute approximate surface area is 115 Å². The summed E-state index contributed by atoms with van der Waals surface area (Å²) in [5, 5.41) is 4.76. The quantitative estimate of drug-likeness (QED) is 0.863. The number of aromatic nitrogens is 1. The second-order valence-corrected chi connectivity index (χ2v) is 5.56. The van der Waals surface area contributed by atoms with Gasteiger partial charge < -0.3 is 10.3 Å². The molecule has 0 amide bonds. The Morgan fingerprint density at radius 2 is 2.05 bits per heavy atom. The first-order valence-corrected chi connectivity index (χ1v) is 7.30. The number of aromatic amines is 1. The Hall–Kier alpha value is -1.32. The average molecular weight is 257 g/mol. The molecule has 3 rings (SSSR count). The van der Waals surface area contributed by atoms with Crippen LogP contribution in [0.5, 0.6) is 0 Å². The van der Waals surface area contributed by atoms with Crippen molar-refractivity contribution in [3.63, 3.8) is 0 Å². The number of hydrogen-bond donors (Lipinski definition) is 2. The molecule has 0 aliphatic carbocycles. The summed E-state index contributed by atoms with van der Waals surface area (Å²) in [6, 6.07) is 9.35. The SMILES string of the molecule is CCCN(Cc1c(C)[nH]c2ccccc12)C1CNC1. The van der Waals surface area contributed by atoms with Crippen molar-refractivity contribution in [2.75, 3.05) is 19.6 Å². The predicted molar refractivity (Wildman–Crippen MR) is 80.4 cm³/mol. The van der Waals surface area contributed by atoms with E-state index in [0.29, 0.717) is 6.04 Å². The van der Waals surface area contributed by atoms with E-state index in [4.69, 9.17) is 0 Å². The number of fused-ring (bicyclic) bond motifs is 1. The Morgan fingerprint density at radius 3 is 2.74 bits per heavy atom. The largest absolute Gasteiger partial charge is 0.358 e. The number of nitrogens with zero attached hydrogens (tertiary/aromatic N) is 1. The van der Waals surface area contributed by atoms with E-state index in [1.54, 1.807) is 0 Å². The molecule has 1 aromatic carbocycles. The average Bonchev–Trinajstić information content (AvgIpc) is 2.64. The van der Waals surface area contributed by atoms with E-state index in [9.17, 15) is 0 Å². The van der Waals surface area contributed by atoms with Gasteiger partial charge in [0, 0.05) is 42.3 Å². The van der Waals surface area contributed by atoms with Crippen molar-refractivity contribution in [1.29, 1.82) is 0 Å². The number of para-hydroxylation sites is 1. The van der Waals surface area contributed by atoms with Crippen molar-refractivity contribution in [2.45, 2.75) is 32.9 Å². The molecule has 1 fully saturated rings. The van der Waals surface area contributed by atoms with E-state index in [2.05, 4.69) is 53.3 Å². The van der Waals surface area contributed by atoms with E-state index in [1.165, 1.54) is 35.1 Å². The molecule has 1 aliphatic rings. The van der Waals surface area contributed by atoms with Crippen molar-refractivity contribution >= 4 is 10.9 Å². The summed E-state index contributed by atoms with van der Waals surface area (Å²) in [5.74, 6) is 0. The van der Waals surface area contributed by atoms with Crippen molar-refractivity contribution in [2.24, 2.45) is 0 Å². The number of rotatable bonds is 5. The maximum Gasteiger partial charge on any atom is 0.0459 e. The topological polar surface area (TPSA) is 31.1 Å². The zero-order chi connectivity index (χ0) is 13.2. The molecule has 1 saturated heterocycles. The van der Waals surface area contributed by atoms with Crippen molar-refractivity contribution < 1.29 is 0 Å². The van der Waals surface area contributed by atoms with Crippen LogP contribution in [0.4, 0.5) is 0 Å². The molecule has 2 N–H and O–H groups in total. The highest BCUT2D eigenvalue weighted by Gasteiger charge is 2.25. The highest BCUT2D eigenvalue weighted by atomic mass is 15.2. The second kappa shape index (κ2) is 5.35. The highest BCUT2D eigenvalue weighted by Crippen LogP contribution is 2.24. The lowest BCUT2D eigenvalue weighted by Crippen LogP contribution is -2.57. The van der Waals surface area contributed by atoms with Crippen LogP contribution in [0, 0.1) is 6.92 Å². The molecule has 0 unspecified atom stereocenters. The molecule has 0 bridgehead atoms. The van der Waals surface area contributed by atoms with Gasteiger partial charge in [-0.1, -0.05) is 25.1 Å². The lowest BCUT2D eigenvalue weighted by atomic mass is 10.1. The number of H-pyrrole nitrogens is 1. The first-order valence-electron chi connectivity index (χ1n) is 7.30. The first kappa shape index (κ1) is 12.7. The van der Waals surface area contributed by atoms with Crippen LogP contribution >= 0.6 is 0 Å². The smallest absolute Gasteiger partial charge is 0.0459 e. The summed E-state index contributed by atoms with van der Waals surface area (Å²) in [5.41, 5.74) is 4.05. The minimum absolute atomic E-state index is 0.716. The Bertz CT molecular complexity index is 554. The maximum atomic E-state index is 3.51. The molecule has 0 saturated carbocycles. The van der Waals surface area contributed by atoms with Gasteiger partial charge in [0.05, 0.1) is 0 Å². The van der Waals surface area contributed by atoms with E-state index in [-0.39, 0.29) is 0 Å². The maximum absolute atomic E-state index is 3.51. The molecule has 2 heterocycles. The summed E-state index contributed by atoms with van der Waals surface area (Å²) in [6.07, 6.45) is 1.22. The zero-order valence-corrected chi connectivity index (χ0v) is 11.9. The molecule has 0 spiro atoms. The van der Waals surface area contributed by atoms with Crippen LogP contribution in [0.25, 0.3) is 10.9 Å². The van der Waals surface area contributed by atoms with Gasteiger partial charge >= 0.3 is 0 Å². The van der Waals surface area contributed by atoms with Gasteiger partial charge in [0.25, 0.3) is 0 Å². The van der Waals surface area contributed by atoms with Crippen LogP contribution in [0.3, 0.4) is 0 Å². The van der Waals surface area contributed by atoms with E-state index in [1.807, 2.05) is 0 Å². The first-order chi connectivity index (χ1) is 9.29. The Balaban J connectivity index is 1.88. The van der Waals surface area contributed by atoms with Crippen molar-refractivity contribution in [3.05, 3.63) is 35.5 Å². The molecule has 3 heteroatoms.